The van der Waals surface area contributed by atoms with Gasteiger partial charge < -0.3 is 24.1 Å². The molecule has 0 amide bonds. The number of fused-ring (bicyclic) bond motifs is 6. The van der Waals surface area contributed by atoms with Gasteiger partial charge in [0.05, 0.1) is 18.8 Å². The van der Waals surface area contributed by atoms with Crippen LogP contribution in [0.1, 0.15) is 53.9 Å². The zero-order valence-corrected chi connectivity index (χ0v) is 17.7. The second-order valence-corrected chi connectivity index (χ2v) is 10.1. The van der Waals surface area contributed by atoms with Crippen LogP contribution in [0.4, 0.5) is 4.79 Å². The van der Waals surface area contributed by atoms with Crippen LogP contribution < -0.4 is 0 Å². The third kappa shape index (κ3) is 2.31. The molecule has 2 saturated carbocycles. The predicted octanol–water partition coefficient (Wildman–Crippen LogP) is 3.73. The predicted molar refractivity (Wildman–Crippen MR) is 103 cm³/mol. The molecule has 0 bridgehead atoms. The molecule has 0 aromatic heterocycles. The monoisotopic (exact) mass is 392 g/mol. The highest BCUT2D eigenvalue weighted by Crippen LogP contribution is 2.67. The molecule has 2 heterocycles. The van der Waals surface area contributed by atoms with E-state index in [1.165, 1.54) is 0 Å². The quantitative estimate of drug-likeness (QED) is 0.570. The van der Waals surface area contributed by atoms with Gasteiger partial charge in [0.2, 0.25) is 0 Å². The Kier molecular flexibility index (Phi) is 4.07. The number of carbonyl (C=O) groups excluding carboxylic acids is 1. The zero-order chi connectivity index (χ0) is 20.7. The molecule has 1 N–H and O–H groups in total. The number of hydrogen-bond donors (Lipinski definition) is 1. The van der Waals surface area contributed by atoms with Crippen LogP contribution in [-0.4, -0.2) is 47.9 Å². The molecule has 0 aromatic carbocycles. The molecule has 6 nitrogen and oxygen atoms in total. The van der Waals surface area contributed by atoms with E-state index in [9.17, 15) is 9.90 Å². The molecule has 3 fully saturated rings. The molecule has 0 spiro atoms. The number of aliphatic hydroxyl groups excluding tert-OH is 1. The van der Waals surface area contributed by atoms with Gasteiger partial charge in [0.1, 0.15) is 17.5 Å². The van der Waals surface area contributed by atoms with Gasteiger partial charge in [0.15, 0.2) is 6.10 Å². The number of aliphatic hydroxyl groups is 1. The van der Waals surface area contributed by atoms with Crippen molar-refractivity contribution in [1.82, 2.24) is 0 Å². The fraction of sp³-hybridized carbons (Fsp3) is 0.773. The van der Waals surface area contributed by atoms with Crippen molar-refractivity contribution >= 4 is 6.16 Å². The third-order valence-corrected chi connectivity index (χ3v) is 7.82. The molecule has 4 rings (SSSR count). The molecule has 156 valence electrons. The van der Waals surface area contributed by atoms with Crippen molar-refractivity contribution in [2.24, 2.45) is 16.7 Å². The van der Waals surface area contributed by atoms with Gasteiger partial charge in [0.25, 0.3) is 0 Å². The largest absolute Gasteiger partial charge is 0.509 e. The summed E-state index contributed by atoms with van der Waals surface area (Å²) < 4.78 is 23.9. The van der Waals surface area contributed by atoms with Gasteiger partial charge in [-0.3, -0.25) is 0 Å². The molecule has 6 heteroatoms. The Morgan fingerprint density at radius 1 is 1.21 bits per heavy atom. The number of ether oxygens (including phenoxy) is 4. The van der Waals surface area contributed by atoms with Crippen molar-refractivity contribution in [2.45, 2.75) is 83.4 Å². The van der Waals surface area contributed by atoms with Crippen molar-refractivity contribution in [1.29, 1.82) is 0 Å². The lowest BCUT2D eigenvalue weighted by atomic mass is 9.44. The third-order valence-electron chi connectivity index (χ3n) is 7.82. The number of hydrogen-bond acceptors (Lipinski definition) is 6. The average molecular weight is 392 g/mol. The van der Waals surface area contributed by atoms with Crippen LogP contribution in [0.5, 0.6) is 0 Å². The van der Waals surface area contributed by atoms with Crippen LogP contribution >= 0.6 is 0 Å². The summed E-state index contributed by atoms with van der Waals surface area (Å²) >= 11 is 0. The molecule has 0 radical (unpaired) electrons. The summed E-state index contributed by atoms with van der Waals surface area (Å²) in [6.07, 6.45) is 1.40. The maximum atomic E-state index is 12.2. The maximum Gasteiger partial charge on any atom is 0.509 e. The lowest BCUT2D eigenvalue weighted by Gasteiger charge is -2.64. The highest BCUT2D eigenvalue weighted by Gasteiger charge is 2.73. The normalized spacial score (nSPS) is 49.3. The standard InChI is InChI=1S/C22H32O6/c1-8-20(4)11-12(25-7)15-21(5)13(23)9-10-19(2,3)16(21)14-17(22(15,6)28-20)27-18(24)26-14/h8,13-14,16-17,23H,1,9-11H2,2-7H3/t13-,14-,16-,17-,20-,21+,22-/m0/s1. The van der Waals surface area contributed by atoms with Crippen molar-refractivity contribution < 1.29 is 28.8 Å². The van der Waals surface area contributed by atoms with E-state index in [2.05, 4.69) is 27.4 Å². The first-order valence-electron chi connectivity index (χ1n) is 10.1. The molecule has 2 aliphatic heterocycles. The van der Waals surface area contributed by atoms with Gasteiger partial charge in [0, 0.05) is 23.3 Å². The summed E-state index contributed by atoms with van der Waals surface area (Å²) in [4.78, 5) is 12.2. The first kappa shape index (κ1) is 19.8. The van der Waals surface area contributed by atoms with Gasteiger partial charge in [-0.1, -0.05) is 26.8 Å². The molecule has 7 atom stereocenters. The van der Waals surface area contributed by atoms with Gasteiger partial charge in [-0.15, -0.1) is 6.58 Å². The van der Waals surface area contributed by atoms with Crippen LogP contribution in [0.25, 0.3) is 0 Å². The summed E-state index contributed by atoms with van der Waals surface area (Å²) in [5.41, 5.74) is -1.59. The Morgan fingerprint density at radius 2 is 1.89 bits per heavy atom. The summed E-state index contributed by atoms with van der Waals surface area (Å²) in [5.74, 6) is 0.659. The Balaban J connectivity index is 2.02. The number of rotatable bonds is 2. The van der Waals surface area contributed by atoms with Crippen LogP contribution in [0.15, 0.2) is 24.0 Å². The lowest BCUT2D eigenvalue weighted by Crippen LogP contribution is -2.71. The number of carbonyl (C=O) groups is 1. The SMILES string of the molecule is C=C[C@@]1(C)CC(OC)=C2[C@@]3(C)[C@@H](O)CCC(C)(C)[C@@H]3[C@@H]3OC(=O)O[C@@H]3[C@@]2(C)O1. The van der Waals surface area contributed by atoms with Gasteiger partial charge in [-0.2, -0.15) is 0 Å². The zero-order valence-electron chi connectivity index (χ0n) is 17.7. The van der Waals surface area contributed by atoms with Crippen molar-refractivity contribution in [3.05, 3.63) is 24.0 Å². The summed E-state index contributed by atoms with van der Waals surface area (Å²) in [6.45, 7) is 14.2. The van der Waals surface area contributed by atoms with Crippen molar-refractivity contribution in [3.8, 4) is 0 Å². The van der Waals surface area contributed by atoms with Crippen LogP contribution in [0.2, 0.25) is 0 Å². The fourth-order valence-electron chi connectivity index (χ4n) is 6.71. The van der Waals surface area contributed by atoms with Crippen LogP contribution in [0, 0.1) is 16.7 Å². The highest BCUT2D eigenvalue weighted by atomic mass is 16.8. The molecule has 2 aliphatic carbocycles. The molecule has 1 saturated heterocycles. The average Bonchev–Trinajstić information content (AvgIpc) is 2.99. The van der Waals surface area contributed by atoms with Crippen LogP contribution in [-0.2, 0) is 18.9 Å². The minimum atomic E-state index is -0.983. The minimum Gasteiger partial charge on any atom is -0.501 e. The van der Waals surface area contributed by atoms with E-state index in [1.54, 1.807) is 13.2 Å². The summed E-state index contributed by atoms with van der Waals surface area (Å²) in [7, 11) is 1.65. The highest BCUT2D eigenvalue weighted by molar-refractivity contribution is 5.64. The van der Waals surface area contributed by atoms with E-state index < -0.39 is 41.1 Å². The van der Waals surface area contributed by atoms with Gasteiger partial charge in [-0.05, 0) is 32.1 Å². The topological polar surface area (TPSA) is 74.2 Å². The minimum absolute atomic E-state index is 0.120. The summed E-state index contributed by atoms with van der Waals surface area (Å²) in [6, 6.07) is 0. The van der Waals surface area contributed by atoms with E-state index in [0.29, 0.717) is 12.8 Å². The van der Waals surface area contributed by atoms with Crippen LogP contribution in [0.3, 0.4) is 0 Å². The van der Waals surface area contributed by atoms with Gasteiger partial charge in [-0.25, -0.2) is 4.79 Å². The molecule has 28 heavy (non-hydrogen) atoms. The molecule has 4 aliphatic rings. The smallest absolute Gasteiger partial charge is 0.501 e. The molecule has 0 unspecified atom stereocenters. The molecular formula is C22H32O6. The van der Waals surface area contributed by atoms with E-state index in [4.69, 9.17) is 18.9 Å². The fourth-order valence-corrected chi connectivity index (χ4v) is 6.71. The maximum absolute atomic E-state index is 12.2. The van der Waals surface area contributed by atoms with Crippen molar-refractivity contribution in [2.75, 3.05) is 7.11 Å². The Labute approximate surface area is 166 Å². The lowest BCUT2D eigenvalue weighted by molar-refractivity contribution is -0.235. The van der Waals surface area contributed by atoms with E-state index in [1.807, 2.05) is 13.8 Å². The van der Waals surface area contributed by atoms with Crippen molar-refractivity contribution in [3.63, 3.8) is 0 Å². The van der Waals surface area contributed by atoms with E-state index in [0.717, 1.165) is 17.8 Å². The Bertz CT molecular complexity index is 756. The first-order valence-corrected chi connectivity index (χ1v) is 10.1. The Hall–Kier alpha value is -1.53. The molecule has 0 aromatic rings. The second kappa shape index (κ2) is 5.76. The Morgan fingerprint density at radius 3 is 2.50 bits per heavy atom. The van der Waals surface area contributed by atoms with E-state index in [-0.39, 0.29) is 11.3 Å². The first-order chi connectivity index (χ1) is 12.9. The second-order valence-electron chi connectivity index (χ2n) is 10.1. The van der Waals surface area contributed by atoms with Gasteiger partial charge >= 0.3 is 6.16 Å². The van der Waals surface area contributed by atoms with E-state index >= 15 is 0 Å². The summed E-state index contributed by atoms with van der Waals surface area (Å²) in [5, 5.41) is 11.3. The molecular weight excluding hydrogens is 360 g/mol. The number of methoxy groups -OCH3 is 1.